The van der Waals surface area contributed by atoms with E-state index >= 15 is 0 Å². The Balaban J connectivity index is 2.30. The number of nitrogens with two attached hydrogens (primary N) is 1. The average Bonchev–Trinajstić information content (AvgIpc) is 2.70. The summed E-state index contributed by atoms with van der Waals surface area (Å²) in [6.45, 7) is 1.98. The number of nitrogens with zero attached hydrogens (tertiary/aromatic N) is 2. The molecule has 3 rings (SSSR count). The first-order valence-electron chi connectivity index (χ1n) is 7.52. The topological polar surface area (TPSA) is 72.5 Å². The zero-order valence-corrected chi connectivity index (χ0v) is 12.9. The van der Waals surface area contributed by atoms with E-state index in [1.807, 2.05) is 48.5 Å². The molecule has 0 bridgehead atoms. The summed E-state index contributed by atoms with van der Waals surface area (Å²) < 4.78 is -0.504. The van der Waals surface area contributed by atoms with Gasteiger partial charge in [-0.15, -0.1) is 4.48 Å². The van der Waals surface area contributed by atoms with E-state index in [0.717, 1.165) is 11.1 Å². The molecule has 1 atom stereocenters. The maximum atomic E-state index is 12.7. The number of carbonyl (C=O) groups is 2. The van der Waals surface area contributed by atoms with Crippen molar-refractivity contribution in [2.45, 2.75) is 6.92 Å². The molecular weight excluding hydrogens is 290 g/mol. The van der Waals surface area contributed by atoms with Gasteiger partial charge in [0.2, 0.25) is 0 Å². The molecule has 0 aliphatic carbocycles. The Morgan fingerprint density at radius 1 is 1.13 bits per heavy atom. The van der Waals surface area contributed by atoms with Crippen LogP contribution in [0.2, 0.25) is 0 Å². The smallest absolute Gasteiger partial charge is 0.318 e. The van der Waals surface area contributed by atoms with Crippen molar-refractivity contribution in [2.75, 3.05) is 13.1 Å². The van der Waals surface area contributed by atoms with Crippen LogP contribution in [0.1, 0.15) is 18.1 Å². The highest BCUT2D eigenvalue weighted by Gasteiger charge is 2.47. The molecule has 2 aromatic rings. The lowest BCUT2D eigenvalue weighted by Crippen LogP contribution is -2.61. The van der Waals surface area contributed by atoms with Gasteiger partial charge in [-0.2, -0.15) is 0 Å². The number of fused-ring (bicyclic) bond motifs is 1. The summed E-state index contributed by atoms with van der Waals surface area (Å²) in [6, 6.07) is 16.3. The minimum absolute atomic E-state index is 0.0737. The number of benzene rings is 2. The lowest BCUT2D eigenvalue weighted by molar-refractivity contribution is -0.125. The Morgan fingerprint density at radius 3 is 2.43 bits per heavy atom. The second-order valence-corrected chi connectivity index (χ2v) is 5.41. The molecule has 1 aliphatic rings. The van der Waals surface area contributed by atoms with Crippen molar-refractivity contribution in [2.24, 2.45) is 10.7 Å². The minimum atomic E-state index is -0.672. The Hall–Kier alpha value is -2.79. The standard InChI is InChI=1S/C18H17N3O2/c1-2-21(18(19)23)15-11-7-6-10-14(15)17(20-12-16(21)22)13-8-4-3-5-9-13/h3-11H,2,12H2,1H3,(H-,19,23)/p+1. The zero-order valence-electron chi connectivity index (χ0n) is 12.9. The van der Waals surface area contributed by atoms with Crippen molar-refractivity contribution < 1.29 is 9.59 Å². The number of benzodiazepines with no additional fused rings is 1. The first-order chi connectivity index (χ1) is 11.1. The van der Waals surface area contributed by atoms with Gasteiger partial charge >= 0.3 is 11.9 Å². The SMILES string of the molecule is CC[N+]1(C(N)=O)C(=O)CN=C(c2ccccc2)c2ccccc21. The molecule has 1 aliphatic heterocycles. The number of amides is 3. The summed E-state index contributed by atoms with van der Waals surface area (Å²) in [7, 11) is 0. The predicted molar refractivity (Wildman–Crippen MR) is 90.3 cm³/mol. The summed E-state index contributed by atoms with van der Waals surface area (Å²) in [6.07, 6.45) is 0. The van der Waals surface area contributed by atoms with E-state index in [4.69, 9.17) is 5.73 Å². The maximum Gasteiger partial charge on any atom is 0.426 e. The van der Waals surface area contributed by atoms with Gasteiger partial charge in [-0.05, 0) is 13.0 Å². The van der Waals surface area contributed by atoms with Crippen molar-refractivity contribution in [1.29, 1.82) is 0 Å². The number of rotatable bonds is 2. The summed E-state index contributed by atoms with van der Waals surface area (Å²) in [5, 5.41) is 0. The molecule has 1 heterocycles. The van der Waals surface area contributed by atoms with Gasteiger partial charge in [-0.25, -0.2) is 9.59 Å². The van der Waals surface area contributed by atoms with Crippen molar-refractivity contribution in [1.82, 2.24) is 4.48 Å². The highest BCUT2D eigenvalue weighted by Crippen LogP contribution is 2.32. The van der Waals surface area contributed by atoms with Crippen molar-refractivity contribution in [3.05, 3.63) is 65.7 Å². The Morgan fingerprint density at radius 2 is 1.78 bits per heavy atom. The van der Waals surface area contributed by atoms with E-state index in [-0.39, 0.29) is 19.0 Å². The van der Waals surface area contributed by atoms with E-state index in [2.05, 4.69) is 4.99 Å². The van der Waals surface area contributed by atoms with E-state index in [1.165, 1.54) is 0 Å². The van der Waals surface area contributed by atoms with E-state index < -0.39 is 10.5 Å². The number of primary amides is 1. The van der Waals surface area contributed by atoms with Gasteiger partial charge in [0.05, 0.1) is 17.8 Å². The van der Waals surface area contributed by atoms with Gasteiger partial charge in [0.15, 0.2) is 12.2 Å². The Bertz CT molecular complexity index is 799. The van der Waals surface area contributed by atoms with Crippen LogP contribution in [0.3, 0.4) is 0 Å². The van der Waals surface area contributed by atoms with Gasteiger partial charge in [0.1, 0.15) is 0 Å². The number of likely N-dealkylation sites (N-methyl/N-ethyl adjacent to an activating group) is 1. The summed E-state index contributed by atoms with van der Waals surface area (Å²) in [5.74, 6) is -0.307. The molecule has 1 unspecified atom stereocenters. The minimum Gasteiger partial charge on any atom is -0.318 e. The van der Waals surface area contributed by atoms with Crippen LogP contribution in [-0.4, -0.2) is 30.7 Å². The highest BCUT2D eigenvalue weighted by molar-refractivity contribution is 6.21. The molecule has 3 amide bonds. The molecule has 0 fully saturated rings. The van der Waals surface area contributed by atoms with Crippen LogP contribution < -0.4 is 10.2 Å². The van der Waals surface area contributed by atoms with E-state index in [0.29, 0.717) is 11.4 Å². The van der Waals surface area contributed by atoms with Crippen LogP contribution in [0, 0.1) is 0 Å². The maximum absolute atomic E-state index is 12.7. The van der Waals surface area contributed by atoms with Gasteiger partial charge in [0, 0.05) is 11.6 Å². The van der Waals surface area contributed by atoms with Crippen molar-refractivity contribution in [3.8, 4) is 0 Å². The normalized spacial score (nSPS) is 20.4. The van der Waals surface area contributed by atoms with Crippen LogP contribution in [0.4, 0.5) is 10.5 Å². The molecule has 5 heteroatoms. The second kappa shape index (κ2) is 5.78. The third-order valence-electron chi connectivity index (χ3n) is 4.27. The third kappa shape index (κ3) is 2.26. The van der Waals surface area contributed by atoms with Crippen LogP contribution in [0.25, 0.3) is 0 Å². The summed E-state index contributed by atoms with van der Waals surface area (Å²) >= 11 is 0. The molecule has 2 aromatic carbocycles. The number of imide groups is 1. The molecular formula is C18H18N3O2+. The van der Waals surface area contributed by atoms with E-state index in [9.17, 15) is 9.59 Å². The lowest BCUT2D eigenvalue weighted by Gasteiger charge is -2.29. The first kappa shape index (κ1) is 15.1. The molecule has 0 spiro atoms. The molecule has 0 aromatic heterocycles. The molecule has 116 valence electrons. The number of hydrogen-bond acceptors (Lipinski definition) is 3. The molecule has 0 radical (unpaired) electrons. The number of carbonyl (C=O) groups excluding carboxylic acids is 2. The van der Waals surface area contributed by atoms with Gasteiger partial charge in [-0.1, -0.05) is 42.5 Å². The number of hydrogen-bond donors (Lipinski definition) is 1. The summed E-state index contributed by atoms with van der Waals surface area (Å²) in [5.41, 5.74) is 8.61. The molecule has 23 heavy (non-hydrogen) atoms. The van der Waals surface area contributed by atoms with Crippen molar-refractivity contribution >= 4 is 23.3 Å². The fourth-order valence-corrected chi connectivity index (χ4v) is 3.08. The van der Waals surface area contributed by atoms with Crippen LogP contribution >= 0.6 is 0 Å². The van der Waals surface area contributed by atoms with Gasteiger partial charge in [-0.3, -0.25) is 4.99 Å². The number of quaternary nitrogens is 1. The van der Waals surface area contributed by atoms with Crippen LogP contribution in [0.5, 0.6) is 0 Å². The number of urea groups is 1. The lowest BCUT2D eigenvalue weighted by atomic mass is 9.99. The first-order valence-corrected chi connectivity index (χ1v) is 7.52. The molecule has 0 saturated heterocycles. The monoisotopic (exact) mass is 308 g/mol. The van der Waals surface area contributed by atoms with Gasteiger partial charge < -0.3 is 5.73 Å². The Labute approximate surface area is 134 Å². The molecule has 0 saturated carbocycles. The fraction of sp³-hybridized carbons (Fsp3) is 0.167. The summed E-state index contributed by atoms with van der Waals surface area (Å²) in [4.78, 5) is 29.4. The average molecular weight is 308 g/mol. The second-order valence-electron chi connectivity index (χ2n) is 5.41. The third-order valence-corrected chi connectivity index (χ3v) is 4.27. The quantitative estimate of drug-likeness (QED) is 0.866. The van der Waals surface area contributed by atoms with Crippen LogP contribution in [0.15, 0.2) is 59.6 Å². The highest BCUT2D eigenvalue weighted by atomic mass is 16.2. The largest absolute Gasteiger partial charge is 0.426 e. The zero-order chi connectivity index (χ0) is 16.4. The van der Waals surface area contributed by atoms with Crippen molar-refractivity contribution in [3.63, 3.8) is 0 Å². The molecule has 5 nitrogen and oxygen atoms in total. The van der Waals surface area contributed by atoms with Crippen LogP contribution in [-0.2, 0) is 4.79 Å². The van der Waals surface area contributed by atoms with E-state index in [1.54, 1.807) is 13.0 Å². The Kier molecular flexibility index (Phi) is 3.80. The van der Waals surface area contributed by atoms with Gasteiger partial charge in [0.25, 0.3) is 0 Å². The predicted octanol–water partition coefficient (Wildman–Crippen LogP) is 2.47. The number of para-hydroxylation sites is 1. The fourth-order valence-electron chi connectivity index (χ4n) is 3.08. The molecule has 2 N–H and O–H groups in total. The number of aliphatic imine (C=N–C) groups is 1.